The second-order valence-electron chi connectivity index (χ2n) is 7.87. The van der Waals surface area contributed by atoms with E-state index in [1.54, 1.807) is 54.6 Å². The lowest BCUT2D eigenvalue weighted by molar-refractivity contribution is 0.102. The third-order valence-electron chi connectivity index (χ3n) is 5.37. The van der Waals surface area contributed by atoms with Gasteiger partial charge in [0.05, 0.1) is 9.79 Å². The van der Waals surface area contributed by atoms with Gasteiger partial charge in [-0.1, -0.05) is 36.4 Å². The molecule has 1 fully saturated rings. The largest absolute Gasteiger partial charge is 0.322 e. The second-order valence-corrected chi connectivity index (χ2v) is 11.4. The molecule has 1 saturated carbocycles. The van der Waals surface area contributed by atoms with Crippen molar-refractivity contribution in [1.82, 2.24) is 0 Å². The maximum absolute atomic E-state index is 12.9. The molecule has 1 aliphatic rings. The molecule has 0 atom stereocenters. The van der Waals surface area contributed by atoms with Crippen LogP contribution in [0.4, 0.5) is 5.69 Å². The van der Waals surface area contributed by atoms with Crippen molar-refractivity contribution in [2.75, 3.05) is 11.6 Å². The van der Waals surface area contributed by atoms with Crippen LogP contribution in [-0.2, 0) is 19.9 Å². The zero-order valence-corrected chi connectivity index (χ0v) is 18.9. The van der Waals surface area contributed by atoms with Gasteiger partial charge in [-0.05, 0) is 60.2 Å². The first-order valence-corrected chi connectivity index (χ1v) is 13.4. The van der Waals surface area contributed by atoms with Gasteiger partial charge in [0, 0.05) is 23.1 Å². The molecule has 0 spiro atoms. The Bertz CT molecular complexity index is 1410. The van der Waals surface area contributed by atoms with Crippen LogP contribution in [0.1, 0.15) is 34.7 Å². The van der Waals surface area contributed by atoms with Gasteiger partial charge in [0.15, 0.2) is 9.84 Å². The molecule has 0 unspecified atom stereocenters. The Morgan fingerprint density at radius 1 is 0.938 bits per heavy atom. The summed E-state index contributed by atoms with van der Waals surface area (Å²) in [5.41, 5.74) is 2.81. The van der Waals surface area contributed by atoms with E-state index < -0.39 is 19.9 Å². The molecule has 166 valence electrons. The van der Waals surface area contributed by atoms with Crippen LogP contribution in [-0.4, -0.2) is 29.0 Å². The van der Waals surface area contributed by atoms with E-state index in [2.05, 4.69) is 5.32 Å². The van der Waals surface area contributed by atoms with Crippen LogP contribution < -0.4 is 10.5 Å². The first-order chi connectivity index (χ1) is 15.0. The summed E-state index contributed by atoms with van der Waals surface area (Å²) in [7, 11) is -7.31. The number of carbonyl (C=O) groups excluding carboxylic acids is 1. The zero-order chi connectivity index (χ0) is 23.1. The number of amides is 1. The summed E-state index contributed by atoms with van der Waals surface area (Å²) in [5.74, 6) is -0.0696. The summed E-state index contributed by atoms with van der Waals surface area (Å²) in [4.78, 5) is 13.0. The third kappa shape index (κ3) is 4.74. The van der Waals surface area contributed by atoms with Crippen molar-refractivity contribution < 1.29 is 21.6 Å². The number of anilines is 1. The highest BCUT2D eigenvalue weighted by Gasteiger charge is 2.27. The summed E-state index contributed by atoms with van der Waals surface area (Å²) < 4.78 is 47.6. The van der Waals surface area contributed by atoms with Gasteiger partial charge in [0.2, 0.25) is 10.0 Å². The number of benzene rings is 3. The standard InChI is InChI=1S/C23H22N2O5S2/c1-31(27,28)18-12-13-19(15-6-7-15)21(14-18)25-23(26)17-10-8-16(9-11-17)20-4-2-3-5-22(20)32(24,29)30/h2-5,8-15H,6-7H2,1H3,(H,25,26)(H2,24,29,30). The molecule has 0 bridgehead atoms. The average Bonchev–Trinajstić information content (AvgIpc) is 3.58. The molecule has 3 aromatic rings. The van der Waals surface area contributed by atoms with Crippen LogP contribution in [0.25, 0.3) is 11.1 Å². The van der Waals surface area contributed by atoms with E-state index in [9.17, 15) is 21.6 Å². The zero-order valence-electron chi connectivity index (χ0n) is 17.3. The SMILES string of the molecule is CS(=O)(=O)c1ccc(C2CC2)c(NC(=O)c2ccc(-c3ccccc3S(N)(=O)=O)cc2)c1. The van der Waals surface area contributed by atoms with E-state index in [-0.39, 0.29) is 15.7 Å². The first kappa shape index (κ1) is 22.2. The van der Waals surface area contributed by atoms with E-state index >= 15 is 0 Å². The van der Waals surface area contributed by atoms with Crippen molar-refractivity contribution in [3.8, 4) is 11.1 Å². The number of primary sulfonamides is 1. The molecule has 1 aliphatic carbocycles. The Morgan fingerprint density at radius 2 is 1.59 bits per heavy atom. The molecule has 3 aromatic carbocycles. The molecule has 0 radical (unpaired) electrons. The van der Waals surface area contributed by atoms with Gasteiger partial charge >= 0.3 is 0 Å². The molecule has 32 heavy (non-hydrogen) atoms. The van der Waals surface area contributed by atoms with Gasteiger partial charge in [-0.3, -0.25) is 4.79 Å². The molecule has 3 N–H and O–H groups in total. The van der Waals surface area contributed by atoms with Crippen LogP contribution in [0.3, 0.4) is 0 Å². The van der Waals surface area contributed by atoms with Crippen molar-refractivity contribution in [2.45, 2.75) is 28.6 Å². The molecular formula is C23H22N2O5S2. The maximum Gasteiger partial charge on any atom is 0.255 e. The van der Waals surface area contributed by atoms with Crippen molar-refractivity contribution in [3.63, 3.8) is 0 Å². The number of hydrogen-bond donors (Lipinski definition) is 2. The van der Waals surface area contributed by atoms with E-state index in [4.69, 9.17) is 5.14 Å². The van der Waals surface area contributed by atoms with Crippen LogP contribution in [0, 0.1) is 0 Å². The second kappa shape index (κ2) is 8.16. The Balaban J connectivity index is 1.63. The van der Waals surface area contributed by atoms with Crippen molar-refractivity contribution in [3.05, 3.63) is 77.9 Å². The van der Waals surface area contributed by atoms with Crippen molar-refractivity contribution >= 4 is 31.5 Å². The fourth-order valence-corrected chi connectivity index (χ4v) is 4.98. The molecule has 0 heterocycles. The Labute approximate surface area is 187 Å². The van der Waals surface area contributed by atoms with Crippen LogP contribution in [0.5, 0.6) is 0 Å². The number of sulfonamides is 1. The van der Waals surface area contributed by atoms with E-state index in [0.29, 0.717) is 28.3 Å². The number of rotatable bonds is 6. The molecule has 9 heteroatoms. The van der Waals surface area contributed by atoms with Gasteiger partial charge in [-0.25, -0.2) is 22.0 Å². The number of nitrogens with one attached hydrogen (secondary N) is 1. The highest BCUT2D eigenvalue weighted by Crippen LogP contribution is 2.44. The topological polar surface area (TPSA) is 123 Å². The minimum absolute atomic E-state index is 0.00358. The smallest absolute Gasteiger partial charge is 0.255 e. The van der Waals surface area contributed by atoms with Gasteiger partial charge < -0.3 is 5.32 Å². The number of sulfone groups is 1. The fraction of sp³-hybridized carbons (Fsp3) is 0.174. The lowest BCUT2D eigenvalue weighted by atomic mass is 10.0. The molecule has 0 aliphatic heterocycles. The maximum atomic E-state index is 12.9. The summed E-state index contributed by atoms with van der Waals surface area (Å²) in [6.07, 6.45) is 3.13. The molecule has 0 saturated heterocycles. The van der Waals surface area contributed by atoms with Crippen molar-refractivity contribution in [1.29, 1.82) is 0 Å². The average molecular weight is 471 g/mol. The number of hydrogen-bond acceptors (Lipinski definition) is 5. The van der Waals surface area contributed by atoms with E-state index in [1.165, 1.54) is 12.1 Å². The van der Waals surface area contributed by atoms with E-state index in [1.807, 2.05) is 0 Å². The third-order valence-corrected chi connectivity index (χ3v) is 7.45. The lowest BCUT2D eigenvalue weighted by Gasteiger charge is -2.13. The molecule has 0 aromatic heterocycles. The Kier molecular flexibility index (Phi) is 5.66. The van der Waals surface area contributed by atoms with Crippen LogP contribution in [0.15, 0.2) is 76.5 Å². The van der Waals surface area contributed by atoms with Gasteiger partial charge in [0.25, 0.3) is 5.91 Å². The quantitative estimate of drug-likeness (QED) is 0.570. The normalized spacial score (nSPS) is 14.2. The summed E-state index contributed by atoms with van der Waals surface area (Å²) in [6, 6.07) is 17.7. The number of carbonyl (C=O) groups is 1. The predicted octanol–water partition coefficient (Wildman–Crippen LogP) is 3.53. The summed E-state index contributed by atoms with van der Waals surface area (Å²) in [6.45, 7) is 0. The van der Waals surface area contributed by atoms with Gasteiger partial charge in [0.1, 0.15) is 0 Å². The molecule has 1 amide bonds. The molecule has 4 rings (SSSR count). The Hall–Kier alpha value is -3.01. The van der Waals surface area contributed by atoms with E-state index in [0.717, 1.165) is 24.7 Å². The highest BCUT2D eigenvalue weighted by molar-refractivity contribution is 7.90. The van der Waals surface area contributed by atoms with Crippen LogP contribution >= 0.6 is 0 Å². The highest BCUT2D eigenvalue weighted by atomic mass is 32.2. The predicted molar refractivity (Wildman–Crippen MR) is 123 cm³/mol. The monoisotopic (exact) mass is 470 g/mol. The lowest BCUT2D eigenvalue weighted by Crippen LogP contribution is -2.14. The minimum Gasteiger partial charge on any atom is -0.322 e. The van der Waals surface area contributed by atoms with Crippen LogP contribution in [0.2, 0.25) is 0 Å². The van der Waals surface area contributed by atoms with Gasteiger partial charge in [-0.2, -0.15) is 0 Å². The summed E-state index contributed by atoms with van der Waals surface area (Å²) in [5, 5.41) is 8.15. The summed E-state index contributed by atoms with van der Waals surface area (Å²) >= 11 is 0. The number of nitrogens with two attached hydrogens (primary N) is 1. The van der Waals surface area contributed by atoms with Gasteiger partial charge in [-0.15, -0.1) is 0 Å². The minimum atomic E-state index is -3.90. The Morgan fingerprint density at radius 3 is 2.19 bits per heavy atom. The van der Waals surface area contributed by atoms with Crippen molar-refractivity contribution in [2.24, 2.45) is 5.14 Å². The molecule has 7 nitrogen and oxygen atoms in total. The first-order valence-electron chi connectivity index (χ1n) is 9.91. The fourth-order valence-electron chi connectivity index (χ4n) is 3.57. The molecular weight excluding hydrogens is 448 g/mol.